The first-order valence-corrected chi connectivity index (χ1v) is 5.33. The molecule has 14 heavy (non-hydrogen) atoms. The van der Waals surface area contributed by atoms with Crippen molar-refractivity contribution in [3.63, 3.8) is 0 Å². The van der Waals surface area contributed by atoms with E-state index in [1.807, 2.05) is 18.7 Å². The Morgan fingerprint density at radius 1 is 1.57 bits per heavy atom. The van der Waals surface area contributed by atoms with Crippen LogP contribution in [0.5, 0.6) is 0 Å². The Morgan fingerprint density at radius 2 is 2.43 bits per heavy atom. The minimum absolute atomic E-state index is 0.742. The van der Waals surface area contributed by atoms with E-state index in [4.69, 9.17) is 0 Å². The Kier molecular flexibility index (Phi) is 2.82. The summed E-state index contributed by atoms with van der Waals surface area (Å²) in [6.07, 6.45) is 3.67. The third kappa shape index (κ3) is 2.12. The van der Waals surface area contributed by atoms with Gasteiger partial charge in [-0.2, -0.15) is 5.10 Å². The van der Waals surface area contributed by atoms with Gasteiger partial charge in [0, 0.05) is 13.5 Å². The van der Waals surface area contributed by atoms with Gasteiger partial charge in [-0.3, -0.25) is 4.68 Å². The van der Waals surface area contributed by atoms with Crippen LogP contribution in [0.2, 0.25) is 0 Å². The van der Waals surface area contributed by atoms with Crippen LogP contribution in [0.1, 0.15) is 24.5 Å². The van der Waals surface area contributed by atoms with Gasteiger partial charge in [0.05, 0.1) is 0 Å². The van der Waals surface area contributed by atoms with Gasteiger partial charge in [0.25, 0.3) is 0 Å². The maximum atomic E-state index is 4.43. The lowest BCUT2D eigenvalue weighted by molar-refractivity contribution is 0.366. The molecule has 4 heteroatoms. The van der Waals surface area contributed by atoms with Crippen molar-refractivity contribution in [2.45, 2.75) is 26.2 Å². The molecule has 0 spiro atoms. The Hall–Kier alpha value is -0.900. The molecule has 0 aliphatic carbocycles. The summed E-state index contributed by atoms with van der Waals surface area (Å²) in [4.78, 5) is 4.43. The standard InChI is InChI=1S/C10H18N4/c1-8-12-10(14(2)13-8)6-9-4-3-5-11-7-9/h9,11H,3-7H2,1-2H3. The number of hydrogen-bond donors (Lipinski definition) is 1. The third-order valence-corrected chi connectivity index (χ3v) is 2.83. The van der Waals surface area contributed by atoms with Crippen molar-refractivity contribution < 1.29 is 0 Å². The average Bonchev–Trinajstić information content (AvgIpc) is 2.47. The Balaban J connectivity index is 1.98. The van der Waals surface area contributed by atoms with Crippen molar-refractivity contribution in [2.75, 3.05) is 13.1 Å². The van der Waals surface area contributed by atoms with Crippen LogP contribution < -0.4 is 5.32 Å². The van der Waals surface area contributed by atoms with E-state index in [2.05, 4.69) is 15.4 Å². The van der Waals surface area contributed by atoms with E-state index in [1.54, 1.807) is 0 Å². The van der Waals surface area contributed by atoms with Crippen molar-refractivity contribution in [3.05, 3.63) is 11.6 Å². The maximum Gasteiger partial charge on any atom is 0.147 e. The van der Waals surface area contributed by atoms with Crippen LogP contribution in [0, 0.1) is 12.8 Å². The molecule has 1 aromatic rings. The number of nitrogens with zero attached hydrogens (tertiary/aromatic N) is 3. The predicted molar refractivity (Wildman–Crippen MR) is 55.0 cm³/mol. The molecule has 1 N–H and O–H groups in total. The number of rotatable bonds is 2. The van der Waals surface area contributed by atoms with E-state index in [0.717, 1.165) is 30.5 Å². The van der Waals surface area contributed by atoms with Crippen molar-refractivity contribution in [3.8, 4) is 0 Å². The summed E-state index contributed by atoms with van der Waals surface area (Å²) in [6, 6.07) is 0. The molecule has 1 aromatic heterocycles. The van der Waals surface area contributed by atoms with Crippen LogP contribution in [0.3, 0.4) is 0 Å². The normalized spacial score (nSPS) is 22.6. The van der Waals surface area contributed by atoms with Gasteiger partial charge in [-0.1, -0.05) is 0 Å². The maximum absolute atomic E-state index is 4.43. The van der Waals surface area contributed by atoms with Crippen molar-refractivity contribution in [1.29, 1.82) is 0 Å². The zero-order valence-electron chi connectivity index (χ0n) is 8.95. The van der Waals surface area contributed by atoms with E-state index in [1.165, 1.54) is 19.4 Å². The molecule has 78 valence electrons. The fourth-order valence-corrected chi connectivity index (χ4v) is 2.09. The van der Waals surface area contributed by atoms with Crippen LogP contribution >= 0.6 is 0 Å². The third-order valence-electron chi connectivity index (χ3n) is 2.83. The molecule has 4 nitrogen and oxygen atoms in total. The summed E-state index contributed by atoms with van der Waals surface area (Å²) >= 11 is 0. The quantitative estimate of drug-likeness (QED) is 0.752. The van der Waals surface area contributed by atoms with E-state index in [9.17, 15) is 0 Å². The second-order valence-corrected chi connectivity index (χ2v) is 4.12. The topological polar surface area (TPSA) is 42.7 Å². The molecule has 0 bridgehead atoms. The Labute approximate surface area is 84.7 Å². The minimum atomic E-state index is 0.742. The molecular weight excluding hydrogens is 176 g/mol. The van der Waals surface area contributed by atoms with Gasteiger partial charge < -0.3 is 5.32 Å². The summed E-state index contributed by atoms with van der Waals surface area (Å²) in [5, 5.41) is 7.69. The molecule has 0 saturated carbocycles. The molecule has 1 fully saturated rings. The van der Waals surface area contributed by atoms with Crippen LogP contribution in [0.4, 0.5) is 0 Å². The molecule has 2 rings (SSSR count). The summed E-state index contributed by atoms with van der Waals surface area (Å²) in [5.74, 6) is 2.74. The summed E-state index contributed by atoms with van der Waals surface area (Å²) in [6.45, 7) is 4.25. The first kappa shape index (κ1) is 9.65. The second kappa shape index (κ2) is 4.09. The minimum Gasteiger partial charge on any atom is -0.316 e. The van der Waals surface area contributed by atoms with Crippen molar-refractivity contribution in [2.24, 2.45) is 13.0 Å². The molecule has 1 atom stereocenters. The summed E-state index contributed by atoms with van der Waals surface area (Å²) < 4.78 is 1.91. The fourth-order valence-electron chi connectivity index (χ4n) is 2.09. The molecule has 1 aliphatic heterocycles. The van der Waals surface area contributed by atoms with E-state index < -0.39 is 0 Å². The summed E-state index contributed by atoms with van der Waals surface area (Å²) in [5.41, 5.74) is 0. The fraction of sp³-hybridized carbons (Fsp3) is 0.800. The molecule has 1 saturated heterocycles. The summed E-state index contributed by atoms with van der Waals surface area (Å²) in [7, 11) is 1.98. The SMILES string of the molecule is Cc1nc(CC2CCCNC2)n(C)n1. The van der Waals surface area contributed by atoms with Gasteiger partial charge in [-0.05, 0) is 38.8 Å². The molecular formula is C10H18N4. The van der Waals surface area contributed by atoms with Gasteiger partial charge in [0.1, 0.15) is 11.6 Å². The van der Waals surface area contributed by atoms with Crippen molar-refractivity contribution in [1.82, 2.24) is 20.1 Å². The number of aromatic nitrogens is 3. The van der Waals surface area contributed by atoms with Crippen LogP contribution in [0.15, 0.2) is 0 Å². The molecule has 1 unspecified atom stereocenters. The molecule has 2 heterocycles. The molecule has 1 aliphatic rings. The lowest BCUT2D eigenvalue weighted by Crippen LogP contribution is -2.31. The lowest BCUT2D eigenvalue weighted by Gasteiger charge is -2.21. The molecule has 0 amide bonds. The largest absolute Gasteiger partial charge is 0.316 e. The van der Waals surface area contributed by atoms with Gasteiger partial charge in [0.2, 0.25) is 0 Å². The highest BCUT2D eigenvalue weighted by Crippen LogP contribution is 2.14. The lowest BCUT2D eigenvalue weighted by atomic mass is 9.96. The molecule has 0 aromatic carbocycles. The predicted octanol–water partition coefficient (Wildman–Crippen LogP) is 0.666. The van der Waals surface area contributed by atoms with Crippen molar-refractivity contribution >= 4 is 0 Å². The van der Waals surface area contributed by atoms with Gasteiger partial charge >= 0.3 is 0 Å². The van der Waals surface area contributed by atoms with Gasteiger partial charge in [0.15, 0.2) is 0 Å². The first-order valence-electron chi connectivity index (χ1n) is 5.33. The van der Waals surface area contributed by atoms with Gasteiger partial charge in [-0.15, -0.1) is 0 Å². The molecule has 0 radical (unpaired) electrons. The highest BCUT2D eigenvalue weighted by Gasteiger charge is 2.16. The number of piperidine rings is 1. The highest BCUT2D eigenvalue weighted by molar-refractivity contribution is 4.93. The van der Waals surface area contributed by atoms with E-state index >= 15 is 0 Å². The zero-order valence-corrected chi connectivity index (χ0v) is 8.95. The Morgan fingerprint density at radius 3 is 3.00 bits per heavy atom. The highest BCUT2D eigenvalue weighted by atomic mass is 15.3. The van der Waals surface area contributed by atoms with Crippen LogP contribution in [-0.2, 0) is 13.5 Å². The number of nitrogens with one attached hydrogen (secondary N) is 1. The van der Waals surface area contributed by atoms with Crippen LogP contribution in [-0.4, -0.2) is 27.9 Å². The van der Waals surface area contributed by atoms with Gasteiger partial charge in [-0.25, -0.2) is 4.98 Å². The van der Waals surface area contributed by atoms with E-state index in [-0.39, 0.29) is 0 Å². The Bertz CT molecular complexity index is 299. The number of aryl methyl sites for hydroxylation is 2. The smallest absolute Gasteiger partial charge is 0.147 e. The number of hydrogen-bond acceptors (Lipinski definition) is 3. The van der Waals surface area contributed by atoms with Crippen LogP contribution in [0.25, 0.3) is 0 Å². The van der Waals surface area contributed by atoms with E-state index in [0.29, 0.717) is 0 Å². The first-order chi connectivity index (χ1) is 6.75. The second-order valence-electron chi connectivity index (χ2n) is 4.12. The monoisotopic (exact) mass is 194 g/mol. The average molecular weight is 194 g/mol. The zero-order chi connectivity index (χ0) is 9.97.